The molecule has 1 aromatic rings. The van der Waals surface area contributed by atoms with Gasteiger partial charge in [0.2, 0.25) is 5.91 Å². The van der Waals surface area contributed by atoms with Gasteiger partial charge >= 0.3 is 0 Å². The highest BCUT2D eigenvalue weighted by Gasteiger charge is 2.16. The van der Waals surface area contributed by atoms with Gasteiger partial charge in [-0.3, -0.25) is 4.79 Å². The number of carbonyl (C=O) groups excluding carboxylic acids is 1. The summed E-state index contributed by atoms with van der Waals surface area (Å²) in [4.78, 5) is 10.8. The Labute approximate surface area is 108 Å². The van der Waals surface area contributed by atoms with E-state index in [1.807, 2.05) is 0 Å². The normalized spacial score (nSPS) is 18.8. The van der Waals surface area contributed by atoms with Gasteiger partial charge in [-0.25, -0.2) is 0 Å². The minimum Gasteiger partial charge on any atom is -0.355 e. The van der Waals surface area contributed by atoms with Crippen LogP contribution in [0.3, 0.4) is 0 Å². The Morgan fingerprint density at radius 1 is 1.39 bits per heavy atom. The van der Waals surface area contributed by atoms with Crippen LogP contribution < -0.4 is 16.0 Å². The van der Waals surface area contributed by atoms with Crippen molar-refractivity contribution in [3.05, 3.63) is 35.4 Å². The van der Waals surface area contributed by atoms with Crippen molar-refractivity contribution in [3.63, 3.8) is 0 Å². The molecule has 1 amide bonds. The lowest BCUT2D eigenvalue weighted by Gasteiger charge is -2.19. The molecule has 2 rings (SSSR count). The number of carbonyl (C=O) groups is 1. The van der Waals surface area contributed by atoms with E-state index in [-0.39, 0.29) is 5.91 Å². The van der Waals surface area contributed by atoms with Gasteiger partial charge in [0.1, 0.15) is 0 Å². The molecule has 0 spiro atoms. The van der Waals surface area contributed by atoms with Crippen LogP contribution in [0.2, 0.25) is 0 Å². The molecule has 0 saturated heterocycles. The molecular formula is C14H21N3O. The monoisotopic (exact) mass is 247 g/mol. The van der Waals surface area contributed by atoms with Gasteiger partial charge in [-0.05, 0) is 24.1 Å². The maximum atomic E-state index is 10.8. The molecule has 0 saturated carbocycles. The zero-order valence-electron chi connectivity index (χ0n) is 10.8. The lowest BCUT2D eigenvalue weighted by molar-refractivity contribution is -0.118. The van der Waals surface area contributed by atoms with Crippen LogP contribution >= 0.6 is 0 Å². The molecule has 3 N–H and O–H groups in total. The zero-order chi connectivity index (χ0) is 12.8. The van der Waals surface area contributed by atoms with Gasteiger partial charge in [0, 0.05) is 32.6 Å². The Kier molecular flexibility index (Phi) is 4.73. The average Bonchev–Trinajstić information content (AvgIpc) is 2.57. The van der Waals surface area contributed by atoms with Gasteiger partial charge in [0.05, 0.1) is 0 Å². The third kappa shape index (κ3) is 3.55. The number of amides is 1. The summed E-state index contributed by atoms with van der Waals surface area (Å²) in [5.74, 6) is 0.0275. The molecule has 98 valence electrons. The highest BCUT2D eigenvalue weighted by Crippen LogP contribution is 2.22. The zero-order valence-corrected chi connectivity index (χ0v) is 10.8. The van der Waals surface area contributed by atoms with Gasteiger partial charge in [0.25, 0.3) is 0 Å². The molecular weight excluding hydrogens is 226 g/mol. The average molecular weight is 247 g/mol. The largest absolute Gasteiger partial charge is 0.355 e. The molecule has 4 nitrogen and oxygen atoms in total. The van der Waals surface area contributed by atoms with Crippen LogP contribution in [0.15, 0.2) is 24.3 Å². The first-order chi connectivity index (χ1) is 8.77. The fourth-order valence-corrected chi connectivity index (χ4v) is 2.36. The summed E-state index contributed by atoms with van der Waals surface area (Å²) in [6.07, 6.45) is 1.08. The third-order valence-corrected chi connectivity index (χ3v) is 3.25. The summed E-state index contributed by atoms with van der Waals surface area (Å²) >= 11 is 0. The molecule has 1 heterocycles. The second-order valence-corrected chi connectivity index (χ2v) is 4.65. The van der Waals surface area contributed by atoms with Crippen molar-refractivity contribution in [2.24, 2.45) is 0 Å². The molecule has 18 heavy (non-hydrogen) atoms. The van der Waals surface area contributed by atoms with Crippen molar-refractivity contribution in [2.45, 2.75) is 25.9 Å². The van der Waals surface area contributed by atoms with Crippen molar-refractivity contribution in [3.8, 4) is 0 Å². The van der Waals surface area contributed by atoms with E-state index in [4.69, 9.17) is 0 Å². The van der Waals surface area contributed by atoms with E-state index < -0.39 is 0 Å². The minimum atomic E-state index is 0.0275. The number of benzene rings is 1. The number of hydrogen-bond donors (Lipinski definition) is 3. The lowest BCUT2D eigenvalue weighted by Crippen LogP contribution is -2.33. The van der Waals surface area contributed by atoms with Gasteiger partial charge in [-0.15, -0.1) is 0 Å². The van der Waals surface area contributed by atoms with E-state index in [0.717, 1.165) is 26.1 Å². The van der Waals surface area contributed by atoms with Crippen molar-refractivity contribution in [2.75, 3.05) is 19.6 Å². The first kappa shape index (κ1) is 13.1. The Bertz CT molecular complexity index is 406. The van der Waals surface area contributed by atoms with E-state index in [9.17, 15) is 4.79 Å². The van der Waals surface area contributed by atoms with E-state index in [1.165, 1.54) is 11.1 Å². The maximum Gasteiger partial charge on any atom is 0.216 e. The molecule has 0 fully saturated rings. The highest BCUT2D eigenvalue weighted by molar-refractivity contribution is 5.72. The van der Waals surface area contributed by atoms with Crippen molar-refractivity contribution >= 4 is 5.91 Å². The van der Waals surface area contributed by atoms with Crippen LogP contribution in [0, 0.1) is 0 Å². The van der Waals surface area contributed by atoms with Crippen molar-refractivity contribution in [1.82, 2.24) is 16.0 Å². The number of fused-ring (bicyclic) bond motifs is 1. The van der Waals surface area contributed by atoms with Crippen LogP contribution in [0.5, 0.6) is 0 Å². The summed E-state index contributed by atoms with van der Waals surface area (Å²) in [5, 5.41) is 9.76. The second kappa shape index (κ2) is 6.52. The predicted molar refractivity (Wildman–Crippen MR) is 72.2 cm³/mol. The van der Waals surface area contributed by atoms with Gasteiger partial charge in [0.15, 0.2) is 0 Å². The number of rotatable bonds is 4. The molecule has 0 bridgehead atoms. The molecule has 1 unspecified atom stereocenters. The smallest absolute Gasteiger partial charge is 0.216 e. The quantitative estimate of drug-likeness (QED) is 0.694. The van der Waals surface area contributed by atoms with Crippen LogP contribution in [-0.2, 0) is 11.3 Å². The molecule has 1 aromatic carbocycles. The fraction of sp³-hybridized carbons (Fsp3) is 0.500. The number of hydrogen-bond acceptors (Lipinski definition) is 3. The van der Waals surface area contributed by atoms with Crippen LogP contribution in [0.25, 0.3) is 0 Å². The summed E-state index contributed by atoms with van der Waals surface area (Å²) in [7, 11) is 0. The van der Waals surface area contributed by atoms with E-state index in [1.54, 1.807) is 6.92 Å². The summed E-state index contributed by atoms with van der Waals surface area (Å²) in [6, 6.07) is 8.92. The Morgan fingerprint density at radius 3 is 3.06 bits per heavy atom. The SMILES string of the molecule is CC(=O)NCCNC1CCNCc2ccccc21. The van der Waals surface area contributed by atoms with E-state index in [2.05, 4.69) is 40.2 Å². The molecule has 0 aromatic heterocycles. The Balaban J connectivity index is 1.93. The summed E-state index contributed by atoms with van der Waals surface area (Å²) in [6.45, 7) is 5.00. The van der Waals surface area contributed by atoms with Crippen molar-refractivity contribution in [1.29, 1.82) is 0 Å². The first-order valence-corrected chi connectivity index (χ1v) is 6.53. The first-order valence-electron chi connectivity index (χ1n) is 6.53. The molecule has 1 atom stereocenters. The van der Waals surface area contributed by atoms with E-state index >= 15 is 0 Å². The van der Waals surface area contributed by atoms with Crippen LogP contribution in [-0.4, -0.2) is 25.5 Å². The van der Waals surface area contributed by atoms with Crippen LogP contribution in [0.1, 0.15) is 30.5 Å². The standard InChI is InChI=1S/C14H21N3O/c1-11(18)16-8-9-17-14-6-7-15-10-12-4-2-3-5-13(12)14/h2-5,14-15,17H,6-10H2,1H3,(H,16,18). The predicted octanol–water partition coefficient (Wildman–Crippen LogP) is 0.947. The molecule has 1 aliphatic rings. The van der Waals surface area contributed by atoms with Crippen LogP contribution in [0.4, 0.5) is 0 Å². The third-order valence-electron chi connectivity index (χ3n) is 3.25. The Hall–Kier alpha value is -1.39. The molecule has 0 aliphatic carbocycles. The molecule has 0 radical (unpaired) electrons. The number of nitrogens with one attached hydrogen (secondary N) is 3. The molecule has 4 heteroatoms. The maximum absolute atomic E-state index is 10.8. The van der Waals surface area contributed by atoms with E-state index in [0.29, 0.717) is 12.6 Å². The highest BCUT2D eigenvalue weighted by atomic mass is 16.1. The van der Waals surface area contributed by atoms with Gasteiger partial charge < -0.3 is 16.0 Å². The van der Waals surface area contributed by atoms with Gasteiger partial charge in [-0.2, -0.15) is 0 Å². The minimum absolute atomic E-state index is 0.0275. The fourth-order valence-electron chi connectivity index (χ4n) is 2.36. The lowest BCUT2D eigenvalue weighted by atomic mass is 9.99. The van der Waals surface area contributed by atoms with Crippen molar-refractivity contribution < 1.29 is 4.79 Å². The molecule has 1 aliphatic heterocycles. The topological polar surface area (TPSA) is 53.2 Å². The van der Waals surface area contributed by atoms with Gasteiger partial charge in [-0.1, -0.05) is 24.3 Å². The summed E-state index contributed by atoms with van der Waals surface area (Å²) < 4.78 is 0. The Morgan fingerprint density at radius 2 is 2.22 bits per heavy atom. The second-order valence-electron chi connectivity index (χ2n) is 4.65. The summed E-state index contributed by atoms with van der Waals surface area (Å²) in [5.41, 5.74) is 2.75.